The van der Waals surface area contributed by atoms with E-state index in [0.717, 1.165) is 6.04 Å². The zero-order valence-corrected chi connectivity index (χ0v) is 12.7. The second kappa shape index (κ2) is 9.01. The molecule has 0 fully saturated rings. The highest BCUT2D eigenvalue weighted by Gasteiger charge is 2.39. The van der Waals surface area contributed by atoms with Gasteiger partial charge in [0.1, 0.15) is 0 Å². The fraction of sp³-hybridized carbons (Fsp3) is 1.00. The van der Waals surface area contributed by atoms with E-state index in [1.165, 1.54) is 0 Å². The number of hydrogen-bond acceptors (Lipinski definition) is 5. The monoisotopic (exact) mass is 265 g/mol. The van der Waals surface area contributed by atoms with Crippen LogP contribution in [0.15, 0.2) is 0 Å². The molecular formula is C11H27NO4Si. The van der Waals surface area contributed by atoms with Crippen LogP contribution in [0, 0.1) is 11.8 Å². The molecule has 2 N–H and O–H groups in total. The molecule has 0 heterocycles. The van der Waals surface area contributed by atoms with Gasteiger partial charge in [-0.3, -0.25) is 0 Å². The standard InChI is InChI=1S/C11H27NO4Si/c1-10(6-12)7-16-8-11(2)9-17(13-3,14-4)15-5/h10-11H,6-9,12H2,1-5H3. The molecule has 104 valence electrons. The molecular weight excluding hydrogens is 238 g/mol. The molecule has 0 aliphatic heterocycles. The van der Waals surface area contributed by atoms with E-state index in [-0.39, 0.29) is 0 Å². The molecule has 0 aliphatic carbocycles. The van der Waals surface area contributed by atoms with Gasteiger partial charge in [0.2, 0.25) is 0 Å². The highest BCUT2D eigenvalue weighted by Crippen LogP contribution is 2.19. The average Bonchev–Trinajstić information content (AvgIpc) is 2.36. The van der Waals surface area contributed by atoms with Crippen LogP contribution in [-0.4, -0.2) is 49.9 Å². The predicted octanol–water partition coefficient (Wildman–Crippen LogP) is 1.11. The van der Waals surface area contributed by atoms with Gasteiger partial charge >= 0.3 is 8.80 Å². The van der Waals surface area contributed by atoms with Crippen molar-refractivity contribution in [2.45, 2.75) is 19.9 Å². The number of hydrogen-bond donors (Lipinski definition) is 1. The fourth-order valence-corrected chi connectivity index (χ4v) is 3.50. The van der Waals surface area contributed by atoms with Crippen molar-refractivity contribution in [3.8, 4) is 0 Å². The third kappa shape index (κ3) is 6.49. The van der Waals surface area contributed by atoms with Crippen molar-refractivity contribution in [2.24, 2.45) is 17.6 Å². The van der Waals surface area contributed by atoms with Crippen molar-refractivity contribution in [3.63, 3.8) is 0 Å². The largest absolute Gasteiger partial charge is 0.500 e. The van der Waals surface area contributed by atoms with Crippen molar-refractivity contribution in [3.05, 3.63) is 0 Å². The lowest BCUT2D eigenvalue weighted by atomic mass is 10.2. The number of rotatable bonds is 10. The van der Waals surface area contributed by atoms with Gasteiger partial charge in [0.15, 0.2) is 0 Å². The van der Waals surface area contributed by atoms with E-state index in [1.54, 1.807) is 21.3 Å². The Hall–Kier alpha value is 0.0169. The molecule has 17 heavy (non-hydrogen) atoms. The molecule has 5 nitrogen and oxygen atoms in total. The van der Waals surface area contributed by atoms with E-state index < -0.39 is 8.80 Å². The van der Waals surface area contributed by atoms with Gasteiger partial charge < -0.3 is 23.7 Å². The quantitative estimate of drug-likeness (QED) is 0.600. The van der Waals surface area contributed by atoms with Crippen LogP contribution in [-0.2, 0) is 18.0 Å². The summed E-state index contributed by atoms with van der Waals surface area (Å²) in [6, 6.07) is 0.757. The molecule has 0 rings (SSSR count). The van der Waals surface area contributed by atoms with Crippen LogP contribution < -0.4 is 5.73 Å². The van der Waals surface area contributed by atoms with Crippen LogP contribution in [0.1, 0.15) is 13.8 Å². The van der Waals surface area contributed by atoms with Gasteiger partial charge in [-0.15, -0.1) is 0 Å². The maximum Gasteiger partial charge on any atom is 0.500 e. The van der Waals surface area contributed by atoms with Gasteiger partial charge in [0, 0.05) is 34.0 Å². The molecule has 0 aromatic rings. The molecule has 6 heteroatoms. The molecule has 0 aromatic heterocycles. The minimum absolute atomic E-state index is 0.339. The van der Waals surface area contributed by atoms with Gasteiger partial charge in [-0.1, -0.05) is 13.8 Å². The lowest BCUT2D eigenvalue weighted by Crippen LogP contribution is -2.44. The molecule has 0 bridgehead atoms. The Morgan fingerprint density at radius 1 is 0.941 bits per heavy atom. The lowest BCUT2D eigenvalue weighted by Gasteiger charge is -2.27. The SMILES string of the molecule is CO[Si](CC(C)COCC(C)CN)(OC)OC. The highest BCUT2D eigenvalue weighted by molar-refractivity contribution is 6.60. The summed E-state index contributed by atoms with van der Waals surface area (Å²) in [6.45, 7) is 6.20. The van der Waals surface area contributed by atoms with Gasteiger partial charge in [-0.25, -0.2) is 0 Å². The van der Waals surface area contributed by atoms with Crippen LogP contribution in [0.3, 0.4) is 0 Å². The molecule has 2 unspecified atom stereocenters. The molecule has 0 spiro atoms. The second-order valence-electron chi connectivity index (χ2n) is 4.48. The molecule has 0 saturated carbocycles. The Labute approximate surface area is 106 Å². The lowest BCUT2D eigenvalue weighted by molar-refractivity contribution is 0.0721. The van der Waals surface area contributed by atoms with Crippen molar-refractivity contribution < 1.29 is 18.0 Å². The average molecular weight is 265 g/mol. The van der Waals surface area contributed by atoms with E-state index in [4.69, 9.17) is 23.7 Å². The van der Waals surface area contributed by atoms with E-state index >= 15 is 0 Å². The Balaban J connectivity index is 3.94. The third-order valence-corrected chi connectivity index (χ3v) is 5.80. The normalized spacial score (nSPS) is 15.9. The fourth-order valence-electron chi connectivity index (χ4n) is 1.52. The van der Waals surface area contributed by atoms with Gasteiger partial charge in [0.05, 0.1) is 6.61 Å². The second-order valence-corrected chi connectivity index (χ2v) is 7.48. The van der Waals surface area contributed by atoms with Crippen molar-refractivity contribution in [1.29, 1.82) is 0 Å². The van der Waals surface area contributed by atoms with Crippen LogP contribution in [0.4, 0.5) is 0 Å². The minimum atomic E-state index is -2.47. The molecule has 0 aliphatic rings. The zero-order valence-electron chi connectivity index (χ0n) is 11.7. The molecule has 0 saturated heterocycles. The summed E-state index contributed by atoms with van der Waals surface area (Å²) < 4.78 is 21.7. The van der Waals surface area contributed by atoms with E-state index in [2.05, 4.69) is 13.8 Å². The molecule has 0 aromatic carbocycles. The molecule has 0 amide bonds. The first kappa shape index (κ1) is 17.0. The Morgan fingerprint density at radius 3 is 1.82 bits per heavy atom. The first-order valence-electron chi connectivity index (χ1n) is 5.96. The Morgan fingerprint density at radius 2 is 1.41 bits per heavy atom. The summed E-state index contributed by atoms with van der Waals surface area (Å²) in [5.41, 5.74) is 5.52. The van der Waals surface area contributed by atoms with Crippen LogP contribution >= 0.6 is 0 Å². The van der Waals surface area contributed by atoms with Gasteiger partial charge in [0.25, 0.3) is 0 Å². The summed E-state index contributed by atoms with van der Waals surface area (Å²) in [5, 5.41) is 0. The summed E-state index contributed by atoms with van der Waals surface area (Å²) >= 11 is 0. The van der Waals surface area contributed by atoms with Crippen LogP contribution in [0.5, 0.6) is 0 Å². The predicted molar refractivity (Wildman–Crippen MR) is 69.8 cm³/mol. The highest BCUT2D eigenvalue weighted by atomic mass is 28.4. The van der Waals surface area contributed by atoms with E-state index in [1.807, 2.05) is 0 Å². The molecule has 0 radical (unpaired) electrons. The summed E-state index contributed by atoms with van der Waals surface area (Å²) in [4.78, 5) is 0. The maximum atomic E-state index is 5.60. The van der Waals surface area contributed by atoms with Crippen molar-refractivity contribution in [1.82, 2.24) is 0 Å². The number of ether oxygens (including phenoxy) is 1. The third-order valence-electron chi connectivity index (χ3n) is 2.74. The van der Waals surface area contributed by atoms with Crippen molar-refractivity contribution >= 4 is 8.80 Å². The van der Waals surface area contributed by atoms with Gasteiger partial charge in [-0.2, -0.15) is 0 Å². The summed E-state index contributed by atoms with van der Waals surface area (Å²) in [7, 11) is 2.41. The minimum Gasteiger partial charge on any atom is -0.381 e. The summed E-state index contributed by atoms with van der Waals surface area (Å²) in [6.07, 6.45) is 0. The van der Waals surface area contributed by atoms with E-state index in [0.29, 0.717) is 31.6 Å². The summed E-state index contributed by atoms with van der Waals surface area (Å²) in [5.74, 6) is 0.739. The Bertz CT molecular complexity index is 182. The topological polar surface area (TPSA) is 62.9 Å². The van der Waals surface area contributed by atoms with Crippen LogP contribution in [0.2, 0.25) is 6.04 Å². The first-order valence-corrected chi connectivity index (χ1v) is 7.90. The van der Waals surface area contributed by atoms with Crippen LogP contribution in [0.25, 0.3) is 0 Å². The maximum absolute atomic E-state index is 5.60. The van der Waals surface area contributed by atoms with Crippen molar-refractivity contribution in [2.75, 3.05) is 41.1 Å². The first-order chi connectivity index (χ1) is 8.03. The zero-order chi connectivity index (χ0) is 13.3. The Kier molecular flexibility index (Phi) is 9.02. The van der Waals surface area contributed by atoms with E-state index in [9.17, 15) is 0 Å². The number of nitrogens with two attached hydrogens (primary N) is 1. The molecule has 2 atom stereocenters. The smallest absolute Gasteiger partial charge is 0.381 e. The van der Waals surface area contributed by atoms with Gasteiger partial charge in [-0.05, 0) is 18.4 Å².